The van der Waals surface area contributed by atoms with Gasteiger partial charge in [0.2, 0.25) is 0 Å². The van der Waals surface area contributed by atoms with Gasteiger partial charge in [0.1, 0.15) is 6.04 Å². The summed E-state index contributed by atoms with van der Waals surface area (Å²) in [5, 5.41) is 11.4. The van der Waals surface area contributed by atoms with E-state index in [0.29, 0.717) is 37.4 Å². The van der Waals surface area contributed by atoms with E-state index in [1.165, 1.54) is 4.90 Å². The molecule has 1 atom stereocenters. The van der Waals surface area contributed by atoms with Crippen LogP contribution >= 0.6 is 0 Å². The standard InChI is InChI=1S/C10H18N2O4S/c1-2-3-8(9(13)14)11-10(15)12-4-6-17(16)7-5-12/h8H,2-7H2,1H3,(H,11,15)(H,13,14)/t8-/m1/s1. The van der Waals surface area contributed by atoms with Crippen LogP contribution in [-0.4, -0.2) is 56.9 Å². The minimum Gasteiger partial charge on any atom is -0.480 e. The molecule has 0 bridgehead atoms. The van der Waals surface area contributed by atoms with E-state index in [1.54, 1.807) is 0 Å². The average Bonchev–Trinajstić information content (AvgIpc) is 2.29. The zero-order valence-electron chi connectivity index (χ0n) is 9.85. The fourth-order valence-electron chi connectivity index (χ4n) is 1.63. The molecule has 0 aromatic heterocycles. The summed E-state index contributed by atoms with van der Waals surface area (Å²) < 4.78 is 11.1. The number of hydrogen-bond donors (Lipinski definition) is 2. The third-order valence-corrected chi connectivity index (χ3v) is 3.91. The van der Waals surface area contributed by atoms with Gasteiger partial charge in [-0.3, -0.25) is 4.21 Å². The number of carboxylic acid groups (broad SMARTS) is 1. The fourth-order valence-corrected chi connectivity index (χ4v) is 2.68. The number of nitrogens with one attached hydrogen (secondary N) is 1. The van der Waals surface area contributed by atoms with Crippen molar-refractivity contribution in [2.45, 2.75) is 25.8 Å². The van der Waals surface area contributed by atoms with Crippen molar-refractivity contribution in [1.82, 2.24) is 10.2 Å². The second kappa shape index (κ2) is 6.58. The fraction of sp³-hybridized carbons (Fsp3) is 0.800. The molecule has 0 saturated carbocycles. The van der Waals surface area contributed by atoms with E-state index >= 15 is 0 Å². The summed E-state index contributed by atoms with van der Waals surface area (Å²) in [4.78, 5) is 24.1. The molecular formula is C10H18N2O4S. The van der Waals surface area contributed by atoms with Crippen molar-refractivity contribution in [2.75, 3.05) is 24.6 Å². The molecule has 1 aliphatic rings. The SMILES string of the molecule is CCC[C@@H](NC(=O)N1CCS(=O)CC1)C(=O)O. The quantitative estimate of drug-likeness (QED) is 0.747. The first-order valence-corrected chi connectivity index (χ1v) is 7.16. The van der Waals surface area contributed by atoms with Crippen molar-refractivity contribution in [2.24, 2.45) is 0 Å². The van der Waals surface area contributed by atoms with Crippen molar-refractivity contribution in [3.05, 3.63) is 0 Å². The van der Waals surface area contributed by atoms with Crippen LogP contribution in [0.5, 0.6) is 0 Å². The molecule has 0 spiro atoms. The van der Waals surface area contributed by atoms with E-state index in [9.17, 15) is 13.8 Å². The maximum Gasteiger partial charge on any atom is 0.326 e. The summed E-state index contributed by atoms with van der Waals surface area (Å²) in [6.07, 6.45) is 1.11. The third kappa shape index (κ3) is 4.33. The highest BCUT2D eigenvalue weighted by Gasteiger charge is 2.24. The van der Waals surface area contributed by atoms with Gasteiger partial charge in [-0.25, -0.2) is 9.59 Å². The lowest BCUT2D eigenvalue weighted by Crippen LogP contribution is -2.51. The van der Waals surface area contributed by atoms with Crippen molar-refractivity contribution in [3.63, 3.8) is 0 Å². The predicted molar refractivity (Wildman–Crippen MR) is 64.3 cm³/mol. The number of amides is 2. The molecule has 0 aromatic rings. The number of aliphatic carboxylic acids is 1. The molecule has 1 saturated heterocycles. The summed E-state index contributed by atoms with van der Waals surface area (Å²) in [5.74, 6) is -0.0708. The molecule has 6 nitrogen and oxygen atoms in total. The van der Waals surface area contributed by atoms with Crippen LogP contribution in [0.15, 0.2) is 0 Å². The number of hydrogen-bond acceptors (Lipinski definition) is 3. The predicted octanol–water partition coefficient (Wildman–Crippen LogP) is 0.0136. The van der Waals surface area contributed by atoms with Gasteiger partial charge >= 0.3 is 12.0 Å². The highest BCUT2D eigenvalue weighted by Crippen LogP contribution is 2.03. The normalized spacial score (nSPS) is 18.8. The summed E-state index contributed by atoms with van der Waals surface area (Å²) in [5.41, 5.74) is 0. The van der Waals surface area contributed by atoms with E-state index in [1.807, 2.05) is 6.92 Å². The molecule has 2 amide bonds. The summed E-state index contributed by atoms with van der Waals surface area (Å²) in [7, 11) is -0.840. The maximum absolute atomic E-state index is 11.7. The Morgan fingerprint density at radius 3 is 2.47 bits per heavy atom. The number of carboxylic acids is 1. The Bertz CT molecular complexity index is 311. The number of nitrogens with zero attached hydrogens (tertiary/aromatic N) is 1. The topological polar surface area (TPSA) is 86.7 Å². The number of urea groups is 1. The first-order chi connectivity index (χ1) is 8.04. The maximum atomic E-state index is 11.7. The van der Waals surface area contributed by atoms with Crippen LogP contribution in [-0.2, 0) is 15.6 Å². The lowest BCUT2D eigenvalue weighted by Gasteiger charge is -2.27. The van der Waals surface area contributed by atoms with Gasteiger partial charge in [0.25, 0.3) is 0 Å². The van der Waals surface area contributed by atoms with E-state index in [0.717, 1.165) is 0 Å². The van der Waals surface area contributed by atoms with Gasteiger partial charge in [-0.1, -0.05) is 13.3 Å². The Morgan fingerprint density at radius 1 is 1.41 bits per heavy atom. The van der Waals surface area contributed by atoms with Gasteiger partial charge in [-0.05, 0) is 6.42 Å². The van der Waals surface area contributed by atoms with E-state index in [4.69, 9.17) is 5.11 Å². The van der Waals surface area contributed by atoms with Crippen LogP contribution in [0.1, 0.15) is 19.8 Å². The van der Waals surface area contributed by atoms with Gasteiger partial charge in [0.15, 0.2) is 0 Å². The Labute approximate surface area is 103 Å². The van der Waals surface area contributed by atoms with Gasteiger partial charge in [0.05, 0.1) is 0 Å². The molecule has 7 heteroatoms. The first kappa shape index (κ1) is 14.0. The minimum absolute atomic E-state index is 0.373. The summed E-state index contributed by atoms with van der Waals surface area (Å²) in [6.45, 7) is 2.72. The molecule has 1 fully saturated rings. The van der Waals surface area contributed by atoms with Crippen molar-refractivity contribution < 1.29 is 18.9 Å². The highest BCUT2D eigenvalue weighted by molar-refractivity contribution is 7.85. The van der Waals surface area contributed by atoms with Crippen LogP contribution < -0.4 is 5.32 Å². The molecule has 0 aliphatic carbocycles. The molecule has 98 valence electrons. The molecular weight excluding hydrogens is 244 g/mol. The molecule has 0 unspecified atom stereocenters. The van der Waals surface area contributed by atoms with Crippen LogP contribution in [0, 0.1) is 0 Å². The van der Waals surface area contributed by atoms with Crippen LogP contribution in [0.4, 0.5) is 4.79 Å². The van der Waals surface area contributed by atoms with Crippen molar-refractivity contribution in [1.29, 1.82) is 0 Å². The Hall–Kier alpha value is -1.11. The second-order valence-corrected chi connectivity index (χ2v) is 5.66. The summed E-state index contributed by atoms with van der Waals surface area (Å²) in [6, 6.07) is -1.21. The molecule has 1 heterocycles. The van der Waals surface area contributed by atoms with Crippen LogP contribution in [0.3, 0.4) is 0 Å². The molecule has 1 rings (SSSR count). The monoisotopic (exact) mass is 262 g/mol. The zero-order chi connectivity index (χ0) is 12.8. The van der Waals surface area contributed by atoms with Gasteiger partial charge in [-0.2, -0.15) is 0 Å². The van der Waals surface area contributed by atoms with Gasteiger partial charge in [0, 0.05) is 35.4 Å². The summed E-state index contributed by atoms with van der Waals surface area (Å²) >= 11 is 0. The van der Waals surface area contributed by atoms with Crippen LogP contribution in [0.25, 0.3) is 0 Å². The molecule has 17 heavy (non-hydrogen) atoms. The lowest BCUT2D eigenvalue weighted by molar-refractivity contribution is -0.139. The number of carbonyl (C=O) groups excluding carboxylic acids is 1. The molecule has 1 aliphatic heterocycles. The third-order valence-electron chi connectivity index (χ3n) is 2.64. The second-order valence-electron chi connectivity index (χ2n) is 3.96. The molecule has 0 aromatic carbocycles. The number of rotatable bonds is 4. The van der Waals surface area contributed by atoms with E-state index < -0.39 is 22.8 Å². The average molecular weight is 262 g/mol. The van der Waals surface area contributed by atoms with Crippen molar-refractivity contribution >= 4 is 22.8 Å². The Balaban J connectivity index is 2.46. The first-order valence-electron chi connectivity index (χ1n) is 5.67. The molecule has 2 N–H and O–H groups in total. The molecule has 0 radical (unpaired) electrons. The van der Waals surface area contributed by atoms with Crippen molar-refractivity contribution in [3.8, 4) is 0 Å². The van der Waals surface area contributed by atoms with Gasteiger partial charge < -0.3 is 15.3 Å². The Morgan fingerprint density at radius 2 is 2.00 bits per heavy atom. The largest absolute Gasteiger partial charge is 0.480 e. The van der Waals surface area contributed by atoms with E-state index in [-0.39, 0.29) is 6.03 Å². The smallest absolute Gasteiger partial charge is 0.326 e. The zero-order valence-corrected chi connectivity index (χ0v) is 10.7. The minimum atomic E-state index is -1.01. The lowest BCUT2D eigenvalue weighted by atomic mass is 10.2. The highest BCUT2D eigenvalue weighted by atomic mass is 32.2. The Kier molecular flexibility index (Phi) is 5.40. The van der Waals surface area contributed by atoms with E-state index in [2.05, 4.69) is 5.32 Å². The van der Waals surface area contributed by atoms with Gasteiger partial charge in [-0.15, -0.1) is 0 Å². The van der Waals surface area contributed by atoms with Crippen LogP contribution in [0.2, 0.25) is 0 Å². The number of carbonyl (C=O) groups is 2.